The summed E-state index contributed by atoms with van der Waals surface area (Å²) in [5.41, 5.74) is 0. The normalized spacial score (nSPS) is 12.2. The first-order valence-electron chi connectivity index (χ1n) is 4.58. The molecule has 0 aliphatic carbocycles. The van der Waals surface area contributed by atoms with Gasteiger partial charge in [-0.05, 0) is 19.0 Å². The number of carbonyl (C=O) groups excluding carboxylic acids is 1. The molecule has 0 saturated carbocycles. The van der Waals surface area contributed by atoms with Gasteiger partial charge in [0.25, 0.3) is 11.8 Å². The van der Waals surface area contributed by atoms with E-state index in [-0.39, 0.29) is 31.0 Å². The average molecular weight is 214 g/mol. The summed E-state index contributed by atoms with van der Waals surface area (Å²) in [5.74, 6) is 0.589. The molecule has 0 bridgehead atoms. The molecule has 6 nitrogen and oxygen atoms in total. The van der Waals surface area contributed by atoms with Crippen LogP contribution in [0.4, 0.5) is 0 Å². The molecule has 0 unspecified atom stereocenters. The number of aryl methyl sites for hydroxylation is 1. The average Bonchev–Trinajstić information content (AvgIpc) is 2.61. The van der Waals surface area contributed by atoms with Crippen LogP contribution in [0.1, 0.15) is 12.7 Å². The minimum atomic E-state index is -0.308. The van der Waals surface area contributed by atoms with Crippen LogP contribution in [0.25, 0.3) is 0 Å². The number of nitrogens with zero attached hydrogens (tertiary/aromatic N) is 1. The van der Waals surface area contributed by atoms with E-state index in [1.165, 1.54) is 0 Å². The lowest BCUT2D eigenvalue weighted by molar-refractivity contribution is -0.124. The minimum absolute atomic E-state index is 0.102. The van der Waals surface area contributed by atoms with E-state index in [4.69, 9.17) is 14.4 Å². The summed E-state index contributed by atoms with van der Waals surface area (Å²) < 4.78 is 9.79. The molecule has 0 spiro atoms. The fraction of sp³-hybridized carbons (Fsp3) is 0.556. The first kappa shape index (κ1) is 11.5. The van der Waals surface area contributed by atoms with E-state index in [2.05, 4.69) is 10.5 Å². The highest BCUT2D eigenvalue weighted by Crippen LogP contribution is 2.09. The van der Waals surface area contributed by atoms with Crippen molar-refractivity contribution in [3.63, 3.8) is 0 Å². The Labute approximate surface area is 87.2 Å². The minimum Gasteiger partial charge on any atom is -0.465 e. The van der Waals surface area contributed by atoms with Gasteiger partial charge < -0.3 is 19.7 Å². The predicted molar refractivity (Wildman–Crippen MR) is 51.4 cm³/mol. The molecule has 1 atom stereocenters. The number of aliphatic hydroxyl groups excluding tert-OH is 1. The van der Waals surface area contributed by atoms with E-state index in [1.54, 1.807) is 19.9 Å². The van der Waals surface area contributed by atoms with Gasteiger partial charge in [0.1, 0.15) is 5.76 Å². The number of nitrogens with one attached hydrogen (secondary N) is 1. The molecule has 15 heavy (non-hydrogen) atoms. The Morgan fingerprint density at radius 2 is 2.53 bits per heavy atom. The molecule has 1 amide bonds. The molecule has 6 heteroatoms. The number of aromatic nitrogens is 1. The maximum absolute atomic E-state index is 11.2. The Kier molecular flexibility index (Phi) is 4.11. The molecule has 1 aromatic heterocycles. The van der Waals surface area contributed by atoms with E-state index < -0.39 is 0 Å². The molecular weight excluding hydrogens is 200 g/mol. The second-order valence-corrected chi connectivity index (χ2v) is 3.22. The van der Waals surface area contributed by atoms with Gasteiger partial charge in [-0.15, -0.1) is 0 Å². The largest absolute Gasteiger partial charge is 0.465 e. The van der Waals surface area contributed by atoms with Crippen LogP contribution in [0.3, 0.4) is 0 Å². The highest BCUT2D eigenvalue weighted by Gasteiger charge is 2.08. The Morgan fingerprint density at radius 1 is 1.80 bits per heavy atom. The van der Waals surface area contributed by atoms with Crippen molar-refractivity contribution >= 4 is 5.91 Å². The van der Waals surface area contributed by atoms with Gasteiger partial charge in [0.15, 0.2) is 6.61 Å². The SMILES string of the molecule is Cc1cc(OCC(=O)N[C@H](C)CO)no1. The Hall–Kier alpha value is -1.56. The van der Waals surface area contributed by atoms with Gasteiger partial charge in [0.05, 0.1) is 6.61 Å². The standard InChI is InChI=1S/C9H14N2O4/c1-6(4-12)10-8(13)5-14-9-3-7(2)15-11-9/h3,6,12H,4-5H2,1-2H3,(H,10,13)/t6-/m1/s1. The van der Waals surface area contributed by atoms with Crippen LogP contribution < -0.4 is 10.1 Å². The monoisotopic (exact) mass is 214 g/mol. The van der Waals surface area contributed by atoms with Crippen molar-refractivity contribution in [2.75, 3.05) is 13.2 Å². The van der Waals surface area contributed by atoms with Crippen LogP contribution in [0.15, 0.2) is 10.6 Å². The summed E-state index contributed by atoms with van der Waals surface area (Å²) in [5, 5.41) is 14.8. The Balaban J connectivity index is 2.28. The molecule has 0 radical (unpaired) electrons. The van der Waals surface area contributed by atoms with Gasteiger partial charge in [-0.2, -0.15) is 0 Å². The number of aliphatic hydroxyl groups is 1. The summed E-state index contributed by atoms with van der Waals surface area (Å²) >= 11 is 0. The molecule has 1 rings (SSSR count). The maximum atomic E-state index is 11.2. The molecule has 0 saturated heterocycles. The van der Waals surface area contributed by atoms with Gasteiger partial charge >= 0.3 is 0 Å². The molecule has 0 aliphatic heterocycles. The summed E-state index contributed by atoms with van der Waals surface area (Å²) in [6, 6.07) is 1.31. The van der Waals surface area contributed by atoms with Gasteiger partial charge in [-0.3, -0.25) is 4.79 Å². The van der Waals surface area contributed by atoms with E-state index in [0.717, 1.165) is 0 Å². The van der Waals surface area contributed by atoms with Crippen molar-refractivity contribution in [1.82, 2.24) is 10.5 Å². The molecule has 0 fully saturated rings. The lowest BCUT2D eigenvalue weighted by atomic mass is 10.3. The van der Waals surface area contributed by atoms with Crippen molar-refractivity contribution in [2.24, 2.45) is 0 Å². The second kappa shape index (κ2) is 5.35. The molecule has 1 aromatic rings. The molecular formula is C9H14N2O4. The maximum Gasteiger partial charge on any atom is 0.258 e. The number of rotatable bonds is 5. The fourth-order valence-electron chi connectivity index (χ4n) is 0.913. The van der Waals surface area contributed by atoms with Crippen LogP contribution in [0.5, 0.6) is 5.88 Å². The van der Waals surface area contributed by atoms with Gasteiger partial charge in [-0.25, -0.2) is 0 Å². The van der Waals surface area contributed by atoms with Gasteiger partial charge in [-0.1, -0.05) is 0 Å². The van der Waals surface area contributed by atoms with Gasteiger partial charge in [0, 0.05) is 12.1 Å². The van der Waals surface area contributed by atoms with E-state index in [0.29, 0.717) is 5.76 Å². The van der Waals surface area contributed by atoms with E-state index >= 15 is 0 Å². The van der Waals surface area contributed by atoms with Crippen LogP contribution in [-0.4, -0.2) is 35.4 Å². The van der Waals surface area contributed by atoms with Crippen molar-refractivity contribution in [3.8, 4) is 5.88 Å². The molecule has 0 aromatic carbocycles. The van der Waals surface area contributed by atoms with Crippen molar-refractivity contribution in [3.05, 3.63) is 11.8 Å². The number of ether oxygens (including phenoxy) is 1. The zero-order valence-corrected chi connectivity index (χ0v) is 8.69. The summed E-state index contributed by atoms with van der Waals surface area (Å²) in [6.45, 7) is 3.18. The zero-order chi connectivity index (χ0) is 11.3. The topological polar surface area (TPSA) is 84.6 Å². The molecule has 2 N–H and O–H groups in total. The predicted octanol–water partition coefficient (Wildman–Crippen LogP) is -0.141. The first-order valence-corrected chi connectivity index (χ1v) is 4.58. The number of hydrogen-bond donors (Lipinski definition) is 2. The Bertz CT molecular complexity index is 324. The number of hydrogen-bond acceptors (Lipinski definition) is 5. The van der Waals surface area contributed by atoms with E-state index in [1.807, 2.05) is 0 Å². The molecule has 84 valence electrons. The first-order chi connectivity index (χ1) is 7.11. The third-order valence-electron chi connectivity index (χ3n) is 1.64. The van der Waals surface area contributed by atoms with Crippen LogP contribution in [0.2, 0.25) is 0 Å². The summed E-state index contributed by atoms with van der Waals surface area (Å²) in [4.78, 5) is 11.2. The van der Waals surface area contributed by atoms with Crippen molar-refractivity contribution in [1.29, 1.82) is 0 Å². The molecule has 0 aliphatic rings. The number of amides is 1. The van der Waals surface area contributed by atoms with Crippen LogP contribution >= 0.6 is 0 Å². The smallest absolute Gasteiger partial charge is 0.258 e. The zero-order valence-electron chi connectivity index (χ0n) is 8.69. The van der Waals surface area contributed by atoms with Crippen LogP contribution in [-0.2, 0) is 4.79 Å². The fourth-order valence-corrected chi connectivity index (χ4v) is 0.913. The van der Waals surface area contributed by atoms with Crippen LogP contribution in [0, 0.1) is 6.92 Å². The van der Waals surface area contributed by atoms with Gasteiger partial charge in [0.2, 0.25) is 0 Å². The lowest BCUT2D eigenvalue weighted by Crippen LogP contribution is -2.38. The number of carbonyl (C=O) groups is 1. The lowest BCUT2D eigenvalue weighted by Gasteiger charge is -2.10. The quantitative estimate of drug-likeness (QED) is 0.712. The molecule has 1 heterocycles. The summed E-state index contributed by atoms with van der Waals surface area (Å²) in [6.07, 6.45) is 0. The summed E-state index contributed by atoms with van der Waals surface area (Å²) in [7, 11) is 0. The van der Waals surface area contributed by atoms with Crippen molar-refractivity contribution in [2.45, 2.75) is 19.9 Å². The third kappa shape index (κ3) is 3.99. The van der Waals surface area contributed by atoms with Crippen molar-refractivity contribution < 1.29 is 19.2 Å². The Morgan fingerprint density at radius 3 is 3.07 bits per heavy atom. The van der Waals surface area contributed by atoms with E-state index in [9.17, 15) is 4.79 Å². The highest BCUT2D eigenvalue weighted by molar-refractivity contribution is 5.77. The third-order valence-corrected chi connectivity index (χ3v) is 1.64. The second-order valence-electron chi connectivity index (χ2n) is 3.22. The highest BCUT2D eigenvalue weighted by atomic mass is 16.5.